The van der Waals surface area contributed by atoms with E-state index >= 15 is 0 Å². The Hall–Kier alpha value is -2.33. The van der Waals surface area contributed by atoms with E-state index in [-0.39, 0.29) is 11.7 Å². The largest absolute Gasteiger partial charge is 0.329 e. The van der Waals surface area contributed by atoms with Gasteiger partial charge in [0.2, 0.25) is 0 Å². The van der Waals surface area contributed by atoms with Crippen molar-refractivity contribution in [1.29, 1.82) is 0 Å². The van der Waals surface area contributed by atoms with Gasteiger partial charge in [-0.2, -0.15) is 0 Å². The van der Waals surface area contributed by atoms with Crippen molar-refractivity contribution in [1.82, 2.24) is 9.13 Å². The number of rotatable bonds is 4. The number of aromatic nitrogens is 2. The molecular formula is C19H23N3O. The first-order valence-corrected chi connectivity index (χ1v) is 8.12. The van der Waals surface area contributed by atoms with Crippen LogP contribution in [0.15, 0.2) is 47.3 Å². The number of fused-ring (bicyclic) bond motifs is 1. The van der Waals surface area contributed by atoms with Crippen LogP contribution in [-0.4, -0.2) is 9.13 Å². The average molecular weight is 309 g/mol. The summed E-state index contributed by atoms with van der Waals surface area (Å²) in [5, 5.41) is 0. The molecule has 3 rings (SSSR count). The lowest BCUT2D eigenvalue weighted by atomic mass is 9.98. The molecule has 0 saturated heterocycles. The van der Waals surface area contributed by atoms with Crippen LogP contribution < -0.4 is 11.4 Å². The molecule has 4 nitrogen and oxygen atoms in total. The van der Waals surface area contributed by atoms with Gasteiger partial charge < -0.3 is 5.73 Å². The van der Waals surface area contributed by atoms with Gasteiger partial charge in [0.15, 0.2) is 0 Å². The van der Waals surface area contributed by atoms with E-state index in [0.717, 1.165) is 22.2 Å². The van der Waals surface area contributed by atoms with Crippen molar-refractivity contribution in [2.75, 3.05) is 0 Å². The highest BCUT2D eigenvalue weighted by Gasteiger charge is 2.15. The predicted octanol–water partition coefficient (Wildman–Crippen LogP) is 3.20. The van der Waals surface area contributed by atoms with Crippen molar-refractivity contribution < 1.29 is 0 Å². The van der Waals surface area contributed by atoms with E-state index in [9.17, 15) is 4.79 Å². The van der Waals surface area contributed by atoms with Crippen molar-refractivity contribution in [2.24, 2.45) is 5.73 Å². The zero-order chi connectivity index (χ0) is 16.6. The first-order chi connectivity index (χ1) is 11.1. The molecule has 23 heavy (non-hydrogen) atoms. The number of benzene rings is 2. The summed E-state index contributed by atoms with van der Waals surface area (Å²) in [6.07, 6.45) is 0. The van der Waals surface area contributed by atoms with Gasteiger partial charge in [-0.05, 0) is 44.0 Å². The molecule has 2 N–H and O–H groups in total. The fourth-order valence-corrected chi connectivity index (χ4v) is 3.20. The van der Waals surface area contributed by atoms with Crippen LogP contribution in [0.5, 0.6) is 0 Å². The third-order valence-electron chi connectivity index (χ3n) is 4.44. The van der Waals surface area contributed by atoms with Crippen LogP contribution in [0.4, 0.5) is 0 Å². The van der Waals surface area contributed by atoms with Crippen LogP contribution in [-0.2, 0) is 13.1 Å². The van der Waals surface area contributed by atoms with E-state index in [2.05, 4.69) is 25.1 Å². The van der Waals surface area contributed by atoms with Crippen molar-refractivity contribution in [3.05, 3.63) is 69.6 Å². The highest BCUT2D eigenvalue weighted by atomic mass is 16.1. The average Bonchev–Trinajstić information content (AvgIpc) is 2.83. The molecule has 0 radical (unpaired) electrons. The Bertz CT molecular complexity index is 905. The van der Waals surface area contributed by atoms with Gasteiger partial charge in [0.05, 0.1) is 17.1 Å². The lowest BCUT2D eigenvalue weighted by Gasteiger charge is -2.14. The number of nitrogens with two attached hydrogens (primary N) is 1. The van der Waals surface area contributed by atoms with Crippen LogP contribution in [0.3, 0.4) is 0 Å². The third kappa shape index (κ3) is 2.59. The maximum atomic E-state index is 12.4. The topological polar surface area (TPSA) is 53.0 Å². The molecule has 0 fully saturated rings. The molecule has 0 aliphatic heterocycles. The molecule has 2 aromatic carbocycles. The number of hydrogen-bond acceptors (Lipinski definition) is 2. The summed E-state index contributed by atoms with van der Waals surface area (Å²) in [6.45, 7) is 7.38. The maximum absolute atomic E-state index is 12.4. The molecule has 3 aromatic rings. The number of hydrogen-bond donors (Lipinski definition) is 1. The highest BCUT2D eigenvalue weighted by Crippen LogP contribution is 2.24. The van der Waals surface area contributed by atoms with E-state index < -0.39 is 0 Å². The highest BCUT2D eigenvalue weighted by molar-refractivity contribution is 5.77. The van der Waals surface area contributed by atoms with Crippen molar-refractivity contribution in [2.45, 2.75) is 39.9 Å². The summed E-state index contributed by atoms with van der Waals surface area (Å²) in [4.78, 5) is 12.4. The molecule has 1 aromatic heterocycles. The molecule has 0 aliphatic carbocycles. The summed E-state index contributed by atoms with van der Waals surface area (Å²) >= 11 is 0. The van der Waals surface area contributed by atoms with E-state index in [1.54, 1.807) is 4.57 Å². The second-order valence-electron chi connectivity index (χ2n) is 5.91. The molecule has 4 heteroatoms. The number of nitrogens with zero attached hydrogens (tertiary/aromatic N) is 2. The monoisotopic (exact) mass is 309 g/mol. The minimum atomic E-state index is -0.190. The zero-order valence-electron chi connectivity index (χ0n) is 13.9. The van der Waals surface area contributed by atoms with Crippen molar-refractivity contribution >= 4 is 11.0 Å². The van der Waals surface area contributed by atoms with Crippen LogP contribution in [0.25, 0.3) is 11.0 Å². The standard InChI is InChI=1S/C19H23N3O/c1-4-21-16-10-9-15(12-17(16)22(5-2)19(21)23)18(20)14-8-6-7-13(3)11-14/h6-12,18H,4-5,20H2,1-3H3. The van der Waals surface area contributed by atoms with Gasteiger partial charge in [0.1, 0.15) is 0 Å². The number of imidazole rings is 1. The normalized spacial score (nSPS) is 12.7. The Morgan fingerprint density at radius 2 is 1.61 bits per heavy atom. The molecular weight excluding hydrogens is 286 g/mol. The van der Waals surface area contributed by atoms with E-state index in [1.165, 1.54) is 5.56 Å². The van der Waals surface area contributed by atoms with Gasteiger partial charge in [-0.1, -0.05) is 35.9 Å². The lowest BCUT2D eigenvalue weighted by molar-refractivity contribution is 0.670. The van der Waals surface area contributed by atoms with Gasteiger partial charge >= 0.3 is 5.69 Å². The zero-order valence-corrected chi connectivity index (χ0v) is 13.9. The molecule has 1 atom stereocenters. The minimum Gasteiger partial charge on any atom is -0.320 e. The van der Waals surface area contributed by atoms with Crippen LogP contribution in [0.1, 0.15) is 36.6 Å². The maximum Gasteiger partial charge on any atom is 0.329 e. The molecule has 1 heterocycles. The first-order valence-electron chi connectivity index (χ1n) is 8.12. The number of aryl methyl sites for hydroxylation is 3. The van der Waals surface area contributed by atoms with Crippen LogP contribution >= 0.6 is 0 Å². The third-order valence-corrected chi connectivity index (χ3v) is 4.44. The van der Waals surface area contributed by atoms with E-state index in [1.807, 2.05) is 42.7 Å². The van der Waals surface area contributed by atoms with E-state index in [0.29, 0.717) is 13.1 Å². The fourth-order valence-electron chi connectivity index (χ4n) is 3.20. The Kier molecular flexibility index (Phi) is 4.09. The lowest BCUT2D eigenvalue weighted by Crippen LogP contribution is -2.23. The van der Waals surface area contributed by atoms with Crippen molar-refractivity contribution in [3.63, 3.8) is 0 Å². The molecule has 120 valence electrons. The predicted molar refractivity (Wildman–Crippen MR) is 94.8 cm³/mol. The molecule has 0 amide bonds. The minimum absolute atomic E-state index is 0.0475. The molecule has 0 saturated carbocycles. The van der Waals surface area contributed by atoms with Crippen LogP contribution in [0.2, 0.25) is 0 Å². The van der Waals surface area contributed by atoms with E-state index in [4.69, 9.17) is 5.73 Å². The van der Waals surface area contributed by atoms with Crippen molar-refractivity contribution in [3.8, 4) is 0 Å². The Labute approximate surface area is 136 Å². The molecule has 1 unspecified atom stereocenters. The van der Waals surface area contributed by atoms with Gasteiger partial charge in [0, 0.05) is 13.1 Å². The molecule has 0 spiro atoms. The van der Waals surface area contributed by atoms with Gasteiger partial charge in [0.25, 0.3) is 0 Å². The fraction of sp³-hybridized carbons (Fsp3) is 0.316. The first kappa shape index (κ1) is 15.6. The Morgan fingerprint density at radius 1 is 0.957 bits per heavy atom. The van der Waals surface area contributed by atoms with Gasteiger partial charge in [-0.3, -0.25) is 9.13 Å². The summed E-state index contributed by atoms with van der Waals surface area (Å²) in [5.74, 6) is 0. The van der Waals surface area contributed by atoms with Gasteiger partial charge in [-0.15, -0.1) is 0 Å². The summed E-state index contributed by atoms with van der Waals surface area (Å²) in [6, 6.07) is 14.2. The molecule has 0 aliphatic rings. The SMILES string of the molecule is CCn1c(=O)n(CC)c2cc(C(N)c3cccc(C)c3)ccc21. The summed E-state index contributed by atoms with van der Waals surface area (Å²) < 4.78 is 3.62. The second kappa shape index (κ2) is 6.05. The Balaban J connectivity index is 2.15. The second-order valence-corrected chi connectivity index (χ2v) is 5.91. The smallest absolute Gasteiger partial charge is 0.320 e. The summed E-state index contributed by atoms with van der Waals surface area (Å²) in [7, 11) is 0. The van der Waals surface area contributed by atoms with Crippen LogP contribution in [0, 0.1) is 6.92 Å². The summed E-state index contributed by atoms with van der Waals surface area (Å²) in [5.41, 5.74) is 11.7. The van der Waals surface area contributed by atoms with Gasteiger partial charge in [-0.25, -0.2) is 4.79 Å². The molecule has 0 bridgehead atoms. The quantitative estimate of drug-likeness (QED) is 0.804. The Morgan fingerprint density at radius 3 is 2.26 bits per heavy atom.